The molecule has 2 amide bonds. The number of hydrogen-bond donors (Lipinski definition) is 1. The van der Waals surface area contributed by atoms with Gasteiger partial charge in [0, 0.05) is 24.8 Å². The van der Waals surface area contributed by atoms with Gasteiger partial charge in [-0.25, -0.2) is 0 Å². The highest BCUT2D eigenvalue weighted by molar-refractivity contribution is 6.37. The minimum Gasteiger partial charge on any atom is -0.345 e. The van der Waals surface area contributed by atoms with E-state index in [0.29, 0.717) is 21.8 Å². The molecule has 0 aliphatic carbocycles. The minimum atomic E-state index is -0.394. The van der Waals surface area contributed by atoms with Crippen LogP contribution in [0.4, 0.5) is 5.69 Å². The van der Waals surface area contributed by atoms with Crippen molar-refractivity contribution in [2.75, 3.05) is 19.4 Å². The zero-order valence-electron chi connectivity index (χ0n) is 12.4. The van der Waals surface area contributed by atoms with Crippen LogP contribution in [0.15, 0.2) is 36.4 Å². The van der Waals surface area contributed by atoms with Crippen LogP contribution in [0.1, 0.15) is 20.7 Å². The highest BCUT2D eigenvalue weighted by atomic mass is 35.5. The van der Waals surface area contributed by atoms with E-state index in [9.17, 15) is 9.59 Å². The number of anilines is 1. The molecular formula is C16H13Cl3N2O2. The van der Waals surface area contributed by atoms with E-state index in [4.69, 9.17) is 34.8 Å². The van der Waals surface area contributed by atoms with E-state index >= 15 is 0 Å². The number of carbonyl (C=O) groups excluding carboxylic acids is 2. The second kappa shape index (κ2) is 7.21. The molecule has 0 unspecified atom stereocenters. The predicted molar refractivity (Wildman–Crippen MR) is 93.9 cm³/mol. The Kier molecular flexibility index (Phi) is 5.52. The smallest absolute Gasteiger partial charge is 0.257 e. The lowest BCUT2D eigenvalue weighted by Crippen LogP contribution is -2.22. The fourth-order valence-electron chi connectivity index (χ4n) is 1.88. The molecule has 0 saturated carbocycles. The molecule has 1 N–H and O–H groups in total. The molecule has 23 heavy (non-hydrogen) atoms. The van der Waals surface area contributed by atoms with Crippen molar-refractivity contribution >= 4 is 52.3 Å². The number of hydrogen-bond acceptors (Lipinski definition) is 2. The number of benzene rings is 2. The third kappa shape index (κ3) is 4.16. The molecule has 2 aromatic carbocycles. The maximum absolute atomic E-state index is 12.2. The van der Waals surface area contributed by atoms with Gasteiger partial charge in [0.2, 0.25) is 0 Å². The number of nitrogens with zero attached hydrogens (tertiary/aromatic N) is 1. The van der Waals surface area contributed by atoms with Gasteiger partial charge in [0.1, 0.15) is 0 Å². The van der Waals surface area contributed by atoms with Crippen LogP contribution >= 0.6 is 34.8 Å². The molecule has 4 nitrogen and oxygen atoms in total. The van der Waals surface area contributed by atoms with E-state index in [1.807, 2.05) is 0 Å². The molecule has 0 spiro atoms. The van der Waals surface area contributed by atoms with Crippen LogP contribution in [-0.2, 0) is 0 Å². The summed E-state index contributed by atoms with van der Waals surface area (Å²) < 4.78 is 0. The maximum Gasteiger partial charge on any atom is 0.257 e. The normalized spacial score (nSPS) is 10.3. The Balaban J connectivity index is 2.22. The van der Waals surface area contributed by atoms with Gasteiger partial charge in [-0.15, -0.1) is 0 Å². The van der Waals surface area contributed by atoms with Crippen LogP contribution in [0.3, 0.4) is 0 Å². The van der Waals surface area contributed by atoms with Gasteiger partial charge in [0.25, 0.3) is 11.8 Å². The molecule has 7 heteroatoms. The van der Waals surface area contributed by atoms with Crippen molar-refractivity contribution in [2.24, 2.45) is 0 Å². The average Bonchev–Trinajstić information content (AvgIpc) is 2.46. The highest BCUT2D eigenvalue weighted by Gasteiger charge is 2.15. The molecule has 0 bridgehead atoms. The molecule has 0 radical (unpaired) electrons. The predicted octanol–water partition coefficient (Wildman–Crippen LogP) is 4.60. The summed E-state index contributed by atoms with van der Waals surface area (Å²) in [7, 11) is 3.27. The maximum atomic E-state index is 12.2. The number of nitrogens with one attached hydrogen (secondary N) is 1. The Labute approximate surface area is 148 Å². The van der Waals surface area contributed by atoms with Gasteiger partial charge in [-0.1, -0.05) is 34.8 Å². The van der Waals surface area contributed by atoms with Crippen LogP contribution in [-0.4, -0.2) is 30.8 Å². The Morgan fingerprint density at radius 1 is 0.913 bits per heavy atom. The number of rotatable bonds is 3. The van der Waals surface area contributed by atoms with Gasteiger partial charge in [-0.3, -0.25) is 9.59 Å². The van der Waals surface area contributed by atoms with E-state index in [1.165, 1.54) is 23.1 Å². The largest absolute Gasteiger partial charge is 0.345 e. The fraction of sp³-hybridized carbons (Fsp3) is 0.125. The summed E-state index contributed by atoms with van der Waals surface area (Å²) in [4.78, 5) is 25.6. The van der Waals surface area contributed by atoms with Crippen molar-refractivity contribution < 1.29 is 9.59 Å². The van der Waals surface area contributed by atoms with Gasteiger partial charge in [0.15, 0.2) is 0 Å². The highest BCUT2D eigenvalue weighted by Crippen LogP contribution is 2.25. The van der Waals surface area contributed by atoms with Gasteiger partial charge in [-0.2, -0.15) is 0 Å². The fourth-order valence-corrected chi connectivity index (χ4v) is 2.63. The summed E-state index contributed by atoms with van der Waals surface area (Å²) >= 11 is 17.9. The molecule has 0 aliphatic heterocycles. The minimum absolute atomic E-state index is 0.214. The van der Waals surface area contributed by atoms with E-state index in [-0.39, 0.29) is 16.0 Å². The van der Waals surface area contributed by atoms with Crippen molar-refractivity contribution in [3.63, 3.8) is 0 Å². The summed E-state index contributed by atoms with van der Waals surface area (Å²) in [6.07, 6.45) is 0. The van der Waals surface area contributed by atoms with Gasteiger partial charge in [0.05, 0.1) is 21.2 Å². The molecule has 0 aliphatic rings. The molecule has 0 atom stereocenters. The van der Waals surface area contributed by atoms with Crippen molar-refractivity contribution in [1.82, 2.24) is 4.90 Å². The average molecular weight is 372 g/mol. The number of halogens is 3. The molecule has 0 aromatic heterocycles. The lowest BCUT2D eigenvalue weighted by atomic mass is 10.1. The number of carbonyl (C=O) groups is 2. The van der Waals surface area contributed by atoms with Crippen LogP contribution in [0.5, 0.6) is 0 Å². The first-order chi connectivity index (χ1) is 10.8. The first kappa shape index (κ1) is 17.6. The van der Waals surface area contributed by atoms with Crippen molar-refractivity contribution in [3.8, 4) is 0 Å². The third-order valence-electron chi connectivity index (χ3n) is 3.04. The Bertz CT molecular complexity index is 776. The second-order valence-electron chi connectivity index (χ2n) is 4.97. The molecule has 120 valence electrons. The Hall–Kier alpha value is -1.75. The molecular weight excluding hydrogens is 359 g/mol. The van der Waals surface area contributed by atoms with Crippen LogP contribution in [0.25, 0.3) is 0 Å². The van der Waals surface area contributed by atoms with Gasteiger partial charge < -0.3 is 10.2 Å². The molecule has 2 aromatic rings. The summed E-state index contributed by atoms with van der Waals surface area (Å²) in [5.41, 5.74) is 1.11. The first-order valence-corrected chi connectivity index (χ1v) is 7.70. The van der Waals surface area contributed by atoms with Gasteiger partial charge in [-0.05, 0) is 36.4 Å². The van der Waals surface area contributed by atoms with Crippen LogP contribution in [0, 0.1) is 0 Å². The first-order valence-electron chi connectivity index (χ1n) is 6.57. The van der Waals surface area contributed by atoms with Crippen molar-refractivity contribution in [3.05, 3.63) is 62.6 Å². The zero-order chi connectivity index (χ0) is 17.1. The lowest BCUT2D eigenvalue weighted by molar-refractivity contribution is 0.0827. The summed E-state index contributed by atoms with van der Waals surface area (Å²) in [5.74, 6) is -0.608. The zero-order valence-corrected chi connectivity index (χ0v) is 14.6. The monoisotopic (exact) mass is 370 g/mol. The van der Waals surface area contributed by atoms with E-state index in [1.54, 1.807) is 32.3 Å². The van der Waals surface area contributed by atoms with Crippen molar-refractivity contribution in [2.45, 2.75) is 0 Å². The topological polar surface area (TPSA) is 49.4 Å². The van der Waals surface area contributed by atoms with E-state index in [0.717, 1.165) is 0 Å². The molecule has 0 heterocycles. The van der Waals surface area contributed by atoms with E-state index < -0.39 is 5.91 Å². The van der Waals surface area contributed by atoms with Crippen LogP contribution < -0.4 is 5.32 Å². The van der Waals surface area contributed by atoms with Crippen molar-refractivity contribution in [1.29, 1.82) is 0 Å². The Morgan fingerprint density at radius 2 is 1.52 bits per heavy atom. The number of amides is 2. The summed E-state index contributed by atoms with van der Waals surface area (Å²) in [6.45, 7) is 0. The molecule has 0 fully saturated rings. The summed E-state index contributed by atoms with van der Waals surface area (Å²) in [6, 6.07) is 9.28. The molecule has 2 rings (SSSR count). The second-order valence-corrected chi connectivity index (χ2v) is 6.22. The molecule has 0 saturated heterocycles. The van der Waals surface area contributed by atoms with Gasteiger partial charge >= 0.3 is 0 Å². The lowest BCUT2D eigenvalue weighted by Gasteiger charge is -2.13. The standard InChI is InChI=1S/C16H13Cl3N2O2/c1-21(2)16(23)12-6-4-10(8-14(12)19)20-15(22)11-5-3-9(17)7-13(11)18/h3-8H,1-2H3,(H,20,22). The quantitative estimate of drug-likeness (QED) is 0.857. The van der Waals surface area contributed by atoms with E-state index in [2.05, 4.69) is 5.32 Å². The van der Waals surface area contributed by atoms with Crippen LogP contribution in [0.2, 0.25) is 15.1 Å². The summed E-state index contributed by atoms with van der Waals surface area (Å²) in [5, 5.41) is 3.63. The Morgan fingerprint density at radius 3 is 2.09 bits per heavy atom. The SMILES string of the molecule is CN(C)C(=O)c1ccc(NC(=O)c2ccc(Cl)cc2Cl)cc1Cl. The third-order valence-corrected chi connectivity index (χ3v) is 3.90.